The molecule has 0 aliphatic carbocycles. The van der Waals surface area contributed by atoms with Gasteiger partial charge in [0.25, 0.3) is 0 Å². The van der Waals surface area contributed by atoms with Gasteiger partial charge in [-0.2, -0.15) is 0 Å². The predicted octanol–water partition coefficient (Wildman–Crippen LogP) is -0.615. The Morgan fingerprint density at radius 3 is 2.36 bits per heavy atom. The van der Waals surface area contributed by atoms with Crippen LogP contribution in [0, 0.1) is 0 Å². The average Bonchev–Trinajstić information content (AvgIpc) is 2.52. The molecule has 1 unspecified atom stereocenters. The molecule has 6 heteroatoms. The number of esters is 1. The van der Waals surface area contributed by atoms with Crippen molar-refractivity contribution in [3.63, 3.8) is 0 Å². The van der Waals surface area contributed by atoms with Crippen LogP contribution in [0.25, 0.3) is 0 Å². The van der Waals surface area contributed by atoms with Crippen molar-refractivity contribution >= 4 is 11.9 Å². The summed E-state index contributed by atoms with van der Waals surface area (Å²) < 4.78 is 15.0. The zero-order valence-electron chi connectivity index (χ0n) is 8.11. The molecule has 1 saturated heterocycles. The molecule has 0 bridgehead atoms. The van der Waals surface area contributed by atoms with E-state index >= 15 is 0 Å². The third-order valence-corrected chi connectivity index (χ3v) is 1.53. The van der Waals surface area contributed by atoms with Gasteiger partial charge in [-0.05, 0) is 0 Å². The molecule has 1 aliphatic heterocycles. The third-order valence-electron chi connectivity index (χ3n) is 1.53. The first-order valence-corrected chi connectivity index (χ1v) is 4.27. The first kappa shape index (κ1) is 10.9. The van der Waals surface area contributed by atoms with E-state index in [1.807, 2.05) is 0 Å². The number of carbonyl (C=O) groups excluding carboxylic acids is 2. The maximum atomic E-state index is 10.8. The van der Waals surface area contributed by atoms with Crippen molar-refractivity contribution in [1.29, 1.82) is 0 Å². The summed E-state index contributed by atoms with van der Waals surface area (Å²) in [6.07, 6.45) is -1.57. The van der Waals surface area contributed by atoms with Gasteiger partial charge in [0, 0.05) is 13.8 Å². The molecular formula is C8H13NO5. The highest BCUT2D eigenvalue weighted by atomic mass is 16.7. The van der Waals surface area contributed by atoms with E-state index in [2.05, 4.69) is 5.32 Å². The molecular weight excluding hydrogens is 190 g/mol. The number of hydrogen-bond acceptors (Lipinski definition) is 5. The lowest BCUT2D eigenvalue weighted by molar-refractivity contribution is -0.178. The van der Waals surface area contributed by atoms with E-state index in [1.54, 1.807) is 0 Å². The number of carbonyl (C=O) groups is 2. The topological polar surface area (TPSA) is 73.9 Å². The summed E-state index contributed by atoms with van der Waals surface area (Å²) in [5.41, 5.74) is 0. The molecule has 1 rings (SSSR count). The number of hydrogen-bond donors (Lipinski definition) is 1. The van der Waals surface area contributed by atoms with Gasteiger partial charge in [-0.1, -0.05) is 0 Å². The fraction of sp³-hybridized carbons (Fsp3) is 0.750. The molecule has 1 atom stereocenters. The molecule has 1 amide bonds. The van der Waals surface area contributed by atoms with Gasteiger partial charge in [0.1, 0.15) is 0 Å². The van der Waals surface area contributed by atoms with Crippen LogP contribution >= 0.6 is 0 Å². The Morgan fingerprint density at radius 1 is 1.36 bits per heavy atom. The van der Waals surface area contributed by atoms with Crippen molar-refractivity contribution in [3.8, 4) is 0 Å². The van der Waals surface area contributed by atoms with Crippen molar-refractivity contribution in [2.75, 3.05) is 13.2 Å². The third kappa shape index (κ3) is 3.31. The summed E-state index contributed by atoms with van der Waals surface area (Å²) in [4.78, 5) is 21.5. The van der Waals surface area contributed by atoms with Gasteiger partial charge in [0.05, 0.1) is 13.2 Å². The molecule has 0 aromatic carbocycles. The van der Waals surface area contributed by atoms with Gasteiger partial charge < -0.3 is 19.5 Å². The highest BCUT2D eigenvalue weighted by Crippen LogP contribution is 2.09. The quantitative estimate of drug-likeness (QED) is 0.489. The fourth-order valence-corrected chi connectivity index (χ4v) is 1.08. The first-order valence-electron chi connectivity index (χ1n) is 4.27. The fourth-order valence-electron chi connectivity index (χ4n) is 1.08. The highest BCUT2D eigenvalue weighted by molar-refractivity contribution is 5.73. The minimum Gasteiger partial charge on any atom is -0.436 e. The summed E-state index contributed by atoms with van der Waals surface area (Å²) in [6.45, 7) is 3.44. The smallest absolute Gasteiger partial charge is 0.304 e. The van der Waals surface area contributed by atoms with E-state index in [1.165, 1.54) is 13.8 Å². The zero-order valence-corrected chi connectivity index (χ0v) is 8.11. The van der Waals surface area contributed by atoms with Crippen molar-refractivity contribution in [2.45, 2.75) is 26.4 Å². The molecule has 1 aliphatic rings. The van der Waals surface area contributed by atoms with E-state index in [0.717, 1.165) is 0 Å². The van der Waals surface area contributed by atoms with Gasteiger partial charge in [0.15, 0.2) is 0 Å². The summed E-state index contributed by atoms with van der Waals surface area (Å²) in [5.74, 6) is -0.807. The lowest BCUT2D eigenvalue weighted by Gasteiger charge is -2.21. The number of ether oxygens (including phenoxy) is 3. The Bertz CT molecular complexity index is 208. The van der Waals surface area contributed by atoms with Gasteiger partial charge in [-0.3, -0.25) is 9.59 Å². The van der Waals surface area contributed by atoms with Crippen LogP contribution in [0.5, 0.6) is 0 Å². The standard InChI is InChI=1S/C8H13NO5/c1-5(10)9-7(14-6(2)11)8-12-3-4-13-8/h7-8H,3-4H2,1-2H3,(H,9,10). The maximum absolute atomic E-state index is 10.8. The van der Waals surface area contributed by atoms with Crippen molar-refractivity contribution < 1.29 is 23.8 Å². The van der Waals surface area contributed by atoms with Crippen LogP contribution in [0.15, 0.2) is 0 Å². The van der Waals surface area contributed by atoms with Crippen LogP contribution in [-0.2, 0) is 23.8 Å². The zero-order chi connectivity index (χ0) is 10.6. The summed E-state index contributed by atoms with van der Waals surface area (Å²) in [6, 6.07) is 0. The SMILES string of the molecule is CC(=O)NC(OC(C)=O)C1OCCO1. The monoisotopic (exact) mass is 203 g/mol. The van der Waals surface area contributed by atoms with Crippen LogP contribution < -0.4 is 5.32 Å². The molecule has 0 aromatic rings. The van der Waals surface area contributed by atoms with E-state index in [9.17, 15) is 9.59 Å². The van der Waals surface area contributed by atoms with Crippen LogP contribution in [0.1, 0.15) is 13.8 Å². The first-order chi connectivity index (χ1) is 6.59. The predicted molar refractivity (Wildman–Crippen MR) is 45.1 cm³/mol. The van der Waals surface area contributed by atoms with Crippen LogP contribution in [0.4, 0.5) is 0 Å². The molecule has 0 aromatic heterocycles. The second-order valence-electron chi connectivity index (χ2n) is 2.84. The molecule has 0 saturated carbocycles. The molecule has 1 fully saturated rings. The lowest BCUT2D eigenvalue weighted by Crippen LogP contribution is -2.45. The van der Waals surface area contributed by atoms with Crippen molar-refractivity contribution in [2.24, 2.45) is 0 Å². The van der Waals surface area contributed by atoms with E-state index in [0.29, 0.717) is 13.2 Å². The maximum Gasteiger partial charge on any atom is 0.304 e. The summed E-state index contributed by atoms with van der Waals surface area (Å²) >= 11 is 0. The van der Waals surface area contributed by atoms with E-state index in [-0.39, 0.29) is 5.91 Å². The minimum absolute atomic E-state index is 0.310. The summed E-state index contributed by atoms with van der Waals surface area (Å²) in [7, 11) is 0. The van der Waals surface area contributed by atoms with Gasteiger partial charge in [0.2, 0.25) is 18.4 Å². The summed E-state index contributed by atoms with van der Waals surface area (Å²) in [5, 5.41) is 2.42. The number of rotatable bonds is 3. The molecule has 6 nitrogen and oxygen atoms in total. The largest absolute Gasteiger partial charge is 0.436 e. The Balaban J connectivity index is 2.50. The van der Waals surface area contributed by atoms with Gasteiger partial charge >= 0.3 is 5.97 Å². The highest BCUT2D eigenvalue weighted by Gasteiger charge is 2.30. The molecule has 1 heterocycles. The number of amides is 1. The molecule has 0 radical (unpaired) electrons. The average molecular weight is 203 g/mol. The van der Waals surface area contributed by atoms with Crippen molar-refractivity contribution in [1.82, 2.24) is 5.32 Å². The van der Waals surface area contributed by atoms with Crippen LogP contribution in [0.3, 0.4) is 0 Å². The minimum atomic E-state index is -0.868. The number of nitrogens with one attached hydrogen (secondary N) is 1. The van der Waals surface area contributed by atoms with Crippen LogP contribution in [0.2, 0.25) is 0 Å². The Hall–Kier alpha value is -1.14. The van der Waals surface area contributed by atoms with Gasteiger partial charge in [-0.25, -0.2) is 0 Å². The molecule has 14 heavy (non-hydrogen) atoms. The van der Waals surface area contributed by atoms with E-state index < -0.39 is 18.5 Å². The Kier molecular flexibility index (Phi) is 3.84. The lowest BCUT2D eigenvalue weighted by atomic mass is 10.5. The normalized spacial score (nSPS) is 19.0. The molecule has 0 spiro atoms. The Labute approximate surface area is 81.5 Å². The molecule has 80 valence electrons. The van der Waals surface area contributed by atoms with Crippen LogP contribution in [-0.4, -0.2) is 37.6 Å². The van der Waals surface area contributed by atoms with Crippen molar-refractivity contribution in [3.05, 3.63) is 0 Å². The second kappa shape index (κ2) is 4.92. The van der Waals surface area contributed by atoms with E-state index in [4.69, 9.17) is 14.2 Å². The molecule has 1 N–H and O–H groups in total. The second-order valence-corrected chi connectivity index (χ2v) is 2.84. The van der Waals surface area contributed by atoms with Gasteiger partial charge in [-0.15, -0.1) is 0 Å². The Morgan fingerprint density at radius 2 is 1.93 bits per heavy atom.